The molecule has 0 saturated heterocycles. The average Bonchev–Trinajstić information content (AvgIpc) is 1.92. The summed E-state index contributed by atoms with van der Waals surface area (Å²) in [4.78, 5) is 0. The molecule has 0 aromatic rings. The number of rotatable bonds is 2. The van der Waals surface area contributed by atoms with E-state index in [1.165, 1.54) is 0 Å². The predicted octanol–water partition coefficient (Wildman–Crippen LogP) is 3.16. The third-order valence-electron chi connectivity index (χ3n) is 0.512. The van der Waals surface area contributed by atoms with Gasteiger partial charge in [0, 0.05) is 6.61 Å². The summed E-state index contributed by atoms with van der Waals surface area (Å²) < 4.78 is 0. The Morgan fingerprint density at radius 1 is 1.18 bits per heavy atom. The molecule has 0 aromatic heterocycles. The molecule has 0 aliphatic rings. The van der Waals surface area contributed by atoms with E-state index in [0.29, 0.717) is 6.61 Å². The second kappa shape index (κ2) is 34.1. The molecule has 0 amide bonds. The zero-order valence-electron chi connectivity index (χ0n) is 8.14. The summed E-state index contributed by atoms with van der Waals surface area (Å²) in [7, 11) is 0. The molecule has 0 atom stereocenters. The zero-order valence-corrected chi connectivity index (χ0v) is 8.14. The topological polar surface area (TPSA) is 20.2 Å². The van der Waals surface area contributed by atoms with Gasteiger partial charge in [0.2, 0.25) is 0 Å². The highest BCUT2D eigenvalue weighted by Crippen LogP contribution is 1.78. The van der Waals surface area contributed by atoms with Crippen LogP contribution in [0.3, 0.4) is 0 Å². The Bertz CT molecular complexity index is 49.9. The van der Waals surface area contributed by atoms with Gasteiger partial charge < -0.3 is 5.11 Å². The first-order valence-electron chi connectivity index (χ1n) is 3.99. The van der Waals surface area contributed by atoms with Crippen molar-refractivity contribution in [2.24, 2.45) is 0 Å². The van der Waals surface area contributed by atoms with E-state index < -0.39 is 0 Å². The summed E-state index contributed by atoms with van der Waals surface area (Å²) in [6, 6.07) is 0. The molecule has 0 aliphatic carbocycles. The molecule has 0 bridgehead atoms. The average molecular weight is 158 g/mol. The third-order valence-corrected chi connectivity index (χ3v) is 0.512. The fourth-order valence-corrected chi connectivity index (χ4v) is 0.158. The minimum Gasteiger partial charge on any atom is -0.396 e. The first kappa shape index (κ1) is 16.8. The van der Waals surface area contributed by atoms with Crippen molar-refractivity contribution in [2.75, 3.05) is 6.61 Å². The Hall–Kier alpha value is -0.560. The van der Waals surface area contributed by atoms with Crippen molar-refractivity contribution in [3.63, 3.8) is 0 Å². The molecule has 0 aromatic carbocycles. The second-order valence-corrected chi connectivity index (χ2v) is 1.89. The van der Waals surface area contributed by atoms with Crippen LogP contribution < -0.4 is 0 Å². The van der Waals surface area contributed by atoms with Gasteiger partial charge in [-0.05, 0) is 20.3 Å². The number of aliphatic hydroxyl groups excluding tert-OH is 1. The van der Waals surface area contributed by atoms with Gasteiger partial charge in [-0.15, -0.1) is 13.2 Å². The number of allylic oxidation sites excluding steroid dienone is 2. The van der Waals surface area contributed by atoms with Crippen LogP contribution in [-0.4, -0.2) is 11.7 Å². The summed E-state index contributed by atoms with van der Waals surface area (Å²) in [5.41, 5.74) is 0. The van der Waals surface area contributed by atoms with Gasteiger partial charge in [-0.1, -0.05) is 25.5 Å². The van der Waals surface area contributed by atoms with E-state index in [1.54, 1.807) is 12.2 Å². The van der Waals surface area contributed by atoms with E-state index in [1.807, 2.05) is 13.8 Å². The molecule has 1 heteroatoms. The van der Waals surface area contributed by atoms with Gasteiger partial charge >= 0.3 is 0 Å². The van der Waals surface area contributed by atoms with E-state index in [0.717, 1.165) is 12.8 Å². The third kappa shape index (κ3) is 252. The van der Waals surface area contributed by atoms with Crippen LogP contribution in [0.25, 0.3) is 0 Å². The van der Waals surface area contributed by atoms with Crippen LogP contribution in [0.5, 0.6) is 0 Å². The lowest BCUT2D eigenvalue weighted by atomic mass is 10.4. The van der Waals surface area contributed by atoms with Gasteiger partial charge in [0.15, 0.2) is 0 Å². The monoisotopic (exact) mass is 158 g/mol. The molecular weight excluding hydrogens is 136 g/mol. The summed E-state index contributed by atoms with van der Waals surface area (Å²) in [5.74, 6) is 0. The molecule has 0 heterocycles. The minimum atomic E-state index is 0.344. The zero-order chi connectivity index (χ0) is 9.54. The van der Waals surface area contributed by atoms with Crippen molar-refractivity contribution in [3.8, 4) is 0 Å². The lowest BCUT2D eigenvalue weighted by molar-refractivity contribution is 0.287. The molecule has 0 unspecified atom stereocenters. The van der Waals surface area contributed by atoms with Crippen LogP contribution in [0.15, 0.2) is 25.3 Å². The summed E-state index contributed by atoms with van der Waals surface area (Å²) in [6.45, 7) is 12.9. The highest BCUT2D eigenvalue weighted by atomic mass is 16.2. The minimum absolute atomic E-state index is 0.344. The predicted molar refractivity (Wildman–Crippen MR) is 53.7 cm³/mol. The maximum absolute atomic E-state index is 8.07. The lowest BCUT2D eigenvalue weighted by Gasteiger charge is -1.79. The fraction of sp³-hybridized carbons (Fsp3) is 0.600. The van der Waals surface area contributed by atoms with Crippen LogP contribution in [0.4, 0.5) is 0 Å². The first-order chi connectivity index (χ1) is 5.24. The molecule has 0 aliphatic heterocycles. The molecule has 1 N–H and O–H groups in total. The fourth-order valence-electron chi connectivity index (χ4n) is 0.158. The SMILES string of the molecule is C=CC.C=CC.CCCCO. The van der Waals surface area contributed by atoms with Crippen LogP contribution in [-0.2, 0) is 0 Å². The van der Waals surface area contributed by atoms with Gasteiger partial charge in [-0.25, -0.2) is 0 Å². The van der Waals surface area contributed by atoms with Crippen molar-refractivity contribution >= 4 is 0 Å². The quantitative estimate of drug-likeness (QED) is 0.612. The van der Waals surface area contributed by atoms with Crippen molar-refractivity contribution in [2.45, 2.75) is 33.6 Å². The number of hydrogen-bond acceptors (Lipinski definition) is 1. The molecule has 0 rings (SSSR count). The molecule has 68 valence electrons. The summed E-state index contributed by atoms with van der Waals surface area (Å²) in [5, 5.41) is 8.07. The molecule has 0 saturated carbocycles. The van der Waals surface area contributed by atoms with E-state index in [-0.39, 0.29) is 0 Å². The van der Waals surface area contributed by atoms with Crippen LogP contribution in [0, 0.1) is 0 Å². The second-order valence-electron chi connectivity index (χ2n) is 1.89. The maximum atomic E-state index is 8.07. The van der Waals surface area contributed by atoms with Crippen LogP contribution in [0.1, 0.15) is 33.6 Å². The maximum Gasteiger partial charge on any atom is 0.0430 e. The number of hydrogen-bond donors (Lipinski definition) is 1. The Balaban J connectivity index is -0.0000000933. The van der Waals surface area contributed by atoms with Crippen LogP contribution >= 0.6 is 0 Å². The van der Waals surface area contributed by atoms with Gasteiger partial charge in [-0.2, -0.15) is 0 Å². The molecule has 0 radical (unpaired) electrons. The molecule has 11 heavy (non-hydrogen) atoms. The van der Waals surface area contributed by atoms with Crippen LogP contribution in [0.2, 0.25) is 0 Å². The standard InChI is InChI=1S/C4H10O.2C3H6/c1-2-3-4-5;2*1-3-2/h5H,2-4H2,1H3;2*3H,1H2,2H3. The number of aliphatic hydroxyl groups is 1. The summed E-state index contributed by atoms with van der Waals surface area (Å²) >= 11 is 0. The Morgan fingerprint density at radius 2 is 1.45 bits per heavy atom. The van der Waals surface area contributed by atoms with Crippen molar-refractivity contribution in [1.82, 2.24) is 0 Å². The van der Waals surface area contributed by atoms with Crippen molar-refractivity contribution in [3.05, 3.63) is 25.3 Å². The molecule has 0 fully saturated rings. The Labute approximate surface area is 71.5 Å². The van der Waals surface area contributed by atoms with Gasteiger partial charge in [0.1, 0.15) is 0 Å². The first-order valence-corrected chi connectivity index (χ1v) is 3.99. The molecular formula is C10H22O. The van der Waals surface area contributed by atoms with Crippen molar-refractivity contribution in [1.29, 1.82) is 0 Å². The van der Waals surface area contributed by atoms with E-state index >= 15 is 0 Å². The number of unbranched alkanes of at least 4 members (excludes halogenated alkanes) is 1. The highest BCUT2D eigenvalue weighted by Gasteiger charge is 1.69. The van der Waals surface area contributed by atoms with E-state index in [2.05, 4.69) is 20.1 Å². The summed E-state index contributed by atoms with van der Waals surface area (Å²) in [6.07, 6.45) is 5.54. The van der Waals surface area contributed by atoms with E-state index in [9.17, 15) is 0 Å². The van der Waals surface area contributed by atoms with Gasteiger partial charge in [0.25, 0.3) is 0 Å². The van der Waals surface area contributed by atoms with Crippen molar-refractivity contribution < 1.29 is 5.11 Å². The largest absolute Gasteiger partial charge is 0.396 e. The normalized spacial score (nSPS) is 6.18. The lowest BCUT2D eigenvalue weighted by Crippen LogP contribution is -1.75. The Morgan fingerprint density at radius 3 is 1.45 bits per heavy atom. The molecule has 1 nitrogen and oxygen atoms in total. The highest BCUT2D eigenvalue weighted by molar-refractivity contribution is 4.51. The Kier molecular flexibility index (Phi) is 52.1. The molecule has 0 spiro atoms. The smallest absolute Gasteiger partial charge is 0.0430 e. The van der Waals surface area contributed by atoms with Gasteiger partial charge in [-0.3, -0.25) is 0 Å². The van der Waals surface area contributed by atoms with Gasteiger partial charge in [0.05, 0.1) is 0 Å². The van der Waals surface area contributed by atoms with E-state index in [4.69, 9.17) is 5.11 Å².